The number of carbonyl (C=O) groups is 4. The first kappa shape index (κ1) is 26.5. The number of carbonyl (C=O) groups excluding carboxylic acids is 2. The highest BCUT2D eigenvalue weighted by Gasteiger charge is 2.39. The number of carboxylic acid groups (broad SMARTS) is 2. The first-order chi connectivity index (χ1) is 16.9. The van der Waals surface area contributed by atoms with Crippen molar-refractivity contribution in [1.82, 2.24) is 10.6 Å². The number of primary amides is 1. The molecule has 0 spiro atoms. The van der Waals surface area contributed by atoms with E-state index in [1.165, 1.54) is 0 Å². The molecule has 0 heterocycles. The highest BCUT2D eigenvalue weighted by atomic mass is 16.6. The minimum absolute atomic E-state index is 0.451. The minimum Gasteiger partial charge on any atom is -0.481 e. The van der Waals surface area contributed by atoms with Crippen LogP contribution in [-0.2, 0) is 27.2 Å². The highest BCUT2D eigenvalue weighted by Crippen LogP contribution is 2.34. The van der Waals surface area contributed by atoms with Crippen molar-refractivity contribution in [2.45, 2.75) is 63.1 Å². The second-order valence-electron chi connectivity index (χ2n) is 9.81. The summed E-state index contributed by atoms with van der Waals surface area (Å²) in [6.07, 6.45) is -0.701. The van der Waals surface area contributed by atoms with Gasteiger partial charge in [-0.05, 0) is 55.9 Å². The molecule has 0 saturated carbocycles. The van der Waals surface area contributed by atoms with Gasteiger partial charge in [0.25, 0.3) is 0 Å². The van der Waals surface area contributed by atoms with E-state index in [1.807, 2.05) is 42.5 Å². The number of hydrogen-bond acceptors (Lipinski definition) is 5. The minimum atomic E-state index is -1.14. The zero-order valence-corrected chi connectivity index (χ0v) is 20.4. The van der Waals surface area contributed by atoms with Crippen molar-refractivity contribution in [3.63, 3.8) is 0 Å². The topological polar surface area (TPSA) is 168 Å². The van der Waals surface area contributed by atoms with Crippen LogP contribution in [0.4, 0.5) is 9.59 Å². The first-order valence-corrected chi connectivity index (χ1v) is 11.5. The van der Waals surface area contributed by atoms with Crippen LogP contribution in [0.2, 0.25) is 0 Å². The summed E-state index contributed by atoms with van der Waals surface area (Å²) in [4.78, 5) is 45.2. The van der Waals surface area contributed by atoms with Crippen molar-refractivity contribution < 1.29 is 34.1 Å². The lowest BCUT2D eigenvalue weighted by Crippen LogP contribution is -2.43. The Morgan fingerprint density at radius 1 is 0.833 bits per heavy atom. The van der Waals surface area contributed by atoms with Gasteiger partial charge < -0.3 is 31.3 Å². The fourth-order valence-corrected chi connectivity index (χ4v) is 4.73. The molecule has 0 radical (unpaired) electrons. The van der Waals surface area contributed by atoms with Gasteiger partial charge in [-0.25, -0.2) is 9.59 Å². The Labute approximate surface area is 208 Å². The molecule has 4 rings (SSSR count). The van der Waals surface area contributed by atoms with Crippen molar-refractivity contribution in [3.8, 4) is 0 Å². The average Bonchev–Trinajstić information content (AvgIpc) is 3.29. The fourth-order valence-electron chi connectivity index (χ4n) is 4.73. The number of fused-ring (bicyclic) bond motifs is 2. The Bertz CT molecular complexity index is 1160. The monoisotopic (exact) mass is 497 g/mol. The Balaban J connectivity index is 0.000000205. The van der Waals surface area contributed by atoms with Crippen LogP contribution in [0.1, 0.15) is 54.9 Å². The van der Waals surface area contributed by atoms with Gasteiger partial charge in [0.2, 0.25) is 5.91 Å². The van der Waals surface area contributed by atoms with Crippen molar-refractivity contribution in [3.05, 3.63) is 70.8 Å². The number of aliphatic carboxylic acids is 1. The molecule has 0 aromatic heterocycles. The van der Waals surface area contributed by atoms with Crippen LogP contribution in [0.15, 0.2) is 48.5 Å². The third kappa shape index (κ3) is 6.32. The molecule has 4 atom stereocenters. The van der Waals surface area contributed by atoms with E-state index in [-0.39, 0.29) is 0 Å². The van der Waals surface area contributed by atoms with E-state index in [0.29, 0.717) is 12.8 Å². The number of ether oxygens (including phenoxy) is 1. The molecule has 192 valence electrons. The largest absolute Gasteiger partial charge is 0.481 e. The molecule has 0 fully saturated rings. The summed E-state index contributed by atoms with van der Waals surface area (Å²) in [6.45, 7) is 5.31. The zero-order chi connectivity index (χ0) is 26.6. The van der Waals surface area contributed by atoms with E-state index in [9.17, 15) is 24.3 Å². The maximum Gasteiger partial charge on any atom is 0.407 e. The zero-order valence-electron chi connectivity index (χ0n) is 20.4. The number of carboxylic acids is 1. The number of amides is 3. The van der Waals surface area contributed by atoms with E-state index in [0.717, 1.165) is 22.3 Å². The second-order valence-corrected chi connectivity index (χ2v) is 9.81. The summed E-state index contributed by atoms with van der Waals surface area (Å²) in [5, 5.41) is 23.1. The van der Waals surface area contributed by atoms with Crippen molar-refractivity contribution in [2.75, 3.05) is 0 Å². The summed E-state index contributed by atoms with van der Waals surface area (Å²) in [7, 11) is 0. The van der Waals surface area contributed by atoms with Crippen LogP contribution in [0.3, 0.4) is 0 Å². The molecule has 10 nitrogen and oxygen atoms in total. The van der Waals surface area contributed by atoms with E-state index in [4.69, 9.17) is 15.6 Å². The number of nitrogens with one attached hydrogen (secondary N) is 2. The quantitative estimate of drug-likeness (QED) is 0.433. The van der Waals surface area contributed by atoms with Gasteiger partial charge in [-0.1, -0.05) is 48.5 Å². The molecule has 2 aliphatic carbocycles. The Kier molecular flexibility index (Phi) is 7.87. The van der Waals surface area contributed by atoms with Gasteiger partial charge in [0.1, 0.15) is 11.5 Å². The van der Waals surface area contributed by atoms with Crippen molar-refractivity contribution in [2.24, 2.45) is 5.73 Å². The van der Waals surface area contributed by atoms with Crippen LogP contribution in [-0.4, -0.2) is 52.0 Å². The van der Waals surface area contributed by atoms with Gasteiger partial charge in [0, 0.05) is 0 Å². The fraction of sp³-hybridized carbons (Fsp3) is 0.385. The van der Waals surface area contributed by atoms with E-state index in [1.54, 1.807) is 26.8 Å². The molecule has 10 heteroatoms. The molecule has 0 unspecified atom stereocenters. The second kappa shape index (κ2) is 10.7. The summed E-state index contributed by atoms with van der Waals surface area (Å²) >= 11 is 0. The number of nitrogens with two attached hydrogens (primary N) is 1. The lowest BCUT2D eigenvalue weighted by Gasteiger charge is -2.23. The van der Waals surface area contributed by atoms with Crippen LogP contribution >= 0.6 is 0 Å². The standard InChI is InChI=1S/C15H19NO4.C11H12N2O3/c1-15(2,3)20-14(19)16-11-8-9-6-4-5-7-10(9)12(11)13(17)18;12-10(14)9-7-4-2-1-3-6(7)5-8(9)13-11(15)16/h4-7,11-12H,8H2,1-3H3,(H,16,19)(H,17,18);1-4,8-9,13H,5H2,(H2,12,14)(H,15,16)/t11-,12-;8-,9-/m11/s1. The smallest absolute Gasteiger partial charge is 0.407 e. The predicted octanol–water partition coefficient (Wildman–Crippen LogP) is 2.75. The summed E-state index contributed by atoms with van der Waals surface area (Å²) in [5.74, 6) is -2.72. The summed E-state index contributed by atoms with van der Waals surface area (Å²) in [5.41, 5.74) is 8.23. The van der Waals surface area contributed by atoms with Gasteiger partial charge in [-0.2, -0.15) is 0 Å². The summed E-state index contributed by atoms with van der Waals surface area (Å²) < 4.78 is 5.18. The number of hydrogen-bond donors (Lipinski definition) is 5. The van der Waals surface area contributed by atoms with Crippen LogP contribution in [0, 0.1) is 0 Å². The number of alkyl carbamates (subject to hydrolysis) is 1. The van der Waals surface area contributed by atoms with Gasteiger partial charge >= 0.3 is 18.2 Å². The van der Waals surface area contributed by atoms with Crippen molar-refractivity contribution >= 4 is 24.1 Å². The Hall–Kier alpha value is -4.08. The van der Waals surface area contributed by atoms with Gasteiger partial charge in [-0.3, -0.25) is 9.59 Å². The Morgan fingerprint density at radius 2 is 1.31 bits per heavy atom. The molecule has 6 N–H and O–H groups in total. The third-order valence-corrected chi connectivity index (χ3v) is 6.05. The molecule has 2 aliphatic rings. The third-order valence-electron chi connectivity index (χ3n) is 6.05. The average molecular weight is 498 g/mol. The molecular formula is C26H31N3O7. The van der Waals surface area contributed by atoms with Crippen LogP contribution < -0.4 is 16.4 Å². The summed E-state index contributed by atoms with van der Waals surface area (Å²) in [6, 6.07) is 13.8. The van der Waals surface area contributed by atoms with Crippen LogP contribution in [0.5, 0.6) is 0 Å². The lowest BCUT2D eigenvalue weighted by molar-refractivity contribution is -0.139. The highest BCUT2D eigenvalue weighted by molar-refractivity contribution is 5.85. The van der Waals surface area contributed by atoms with E-state index >= 15 is 0 Å². The molecular weight excluding hydrogens is 466 g/mol. The molecule has 0 saturated heterocycles. The maximum atomic E-state index is 11.8. The molecule has 0 aliphatic heterocycles. The van der Waals surface area contributed by atoms with Crippen LogP contribution in [0.25, 0.3) is 0 Å². The molecule has 3 amide bonds. The van der Waals surface area contributed by atoms with E-state index in [2.05, 4.69) is 10.6 Å². The molecule has 2 aromatic rings. The Morgan fingerprint density at radius 3 is 1.75 bits per heavy atom. The predicted molar refractivity (Wildman–Crippen MR) is 131 cm³/mol. The SMILES string of the molecule is CC(C)(C)OC(=O)N[C@@H]1Cc2ccccc2[C@H]1C(=O)O.NC(=O)[C@@H]1c2ccccc2C[C@H]1NC(=O)O. The van der Waals surface area contributed by atoms with Gasteiger partial charge in [0.05, 0.1) is 18.0 Å². The lowest BCUT2D eigenvalue weighted by atomic mass is 9.98. The van der Waals surface area contributed by atoms with Gasteiger partial charge in [-0.15, -0.1) is 0 Å². The van der Waals surface area contributed by atoms with Gasteiger partial charge in [0.15, 0.2) is 0 Å². The maximum absolute atomic E-state index is 11.8. The molecule has 2 aromatic carbocycles. The molecule has 0 bridgehead atoms. The number of benzene rings is 2. The van der Waals surface area contributed by atoms with Crippen molar-refractivity contribution in [1.29, 1.82) is 0 Å². The molecule has 36 heavy (non-hydrogen) atoms. The number of rotatable bonds is 4. The normalized spacial score (nSPS) is 21.8. The van der Waals surface area contributed by atoms with E-state index < -0.39 is 53.6 Å². The first-order valence-electron chi connectivity index (χ1n) is 11.5.